The molecular formula is C14H29NO. The molecule has 16 heavy (non-hydrogen) atoms. The zero-order valence-electron chi connectivity index (χ0n) is 11.4. The molecule has 0 spiro atoms. The smallest absolute Gasteiger partial charge is 0.0445 e. The lowest BCUT2D eigenvalue weighted by Gasteiger charge is -2.39. The van der Waals surface area contributed by atoms with Crippen LogP contribution in [0.25, 0.3) is 0 Å². The molecule has 1 aliphatic carbocycles. The van der Waals surface area contributed by atoms with E-state index in [9.17, 15) is 0 Å². The zero-order chi connectivity index (χ0) is 12.1. The SMILES string of the molecule is CC(C)C(CCO)NC1C(C)CCCC1C. The van der Waals surface area contributed by atoms with Crippen LogP contribution in [0.2, 0.25) is 0 Å². The van der Waals surface area contributed by atoms with Crippen molar-refractivity contribution in [2.45, 2.75) is 65.5 Å². The zero-order valence-corrected chi connectivity index (χ0v) is 11.4. The Labute approximate surface area is 101 Å². The maximum absolute atomic E-state index is 9.11. The predicted molar refractivity (Wildman–Crippen MR) is 69.4 cm³/mol. The lowest BCUT2D eigenvalue weighted by Crippen LogP contribution is -2.49. The molecule has 96 valence electrons. The van der Waals surface area contributed by atoms with Crippen LogP contribution in [0.15, 0.2) is 0 Å². The van der Waals surface area contributed by atoms with Crippen LogP contribution >= 0.6 is 0 Å². The minimum absolute atomic E-state index is 0.297. The number of rotatable bonds is 5. The summed E-state index contributed by atoms with van der Waals surface area (Å²) in [5.41, 5.74) is 0. The molecule has 0 amide bonds. The van der Waals surface area contributed by atoms with Crippen LogP contribution in [0.1, 0.15) is 53.4 Å². The highest BCUT2D eigenvalue weighted by Gasteiger charge is 2.29. The van der Waals surface area contributed by atoms with Crippen LogP contribution in [0.3, 0.4) is 0 Å². The van der Waals surface area contributed by atoms with E-state index >= 15 is 0 Å². The summed E-state index contributed by atoms with van der Waals surface area (Å²) in [6.45, 7) is 9.51. The van der Waals surface area contributed by atoms with E-state index in [1.165, 1.54) is 19.3 Å². The van der Waals surface area contributed by atoms with Crippen LogP contribution in [0.4, 0.5) is 0 Å². The number of aliphatic hydroxyl groups excluding tert-OH is 1. The van der Waals surface area contributed by atoms with Crippen molar-refractivity contribution in [2.24, 2.45) is 17.8 Å². The van der Waals surface area contributed by atoms with Crippen LogP contribution in [0, 0.1) is 17.8 Å². The Hall–Kier alpha value is -0.0800. The third-order valence-electron chi connectivity index (χ3n) is 4.20. The van der Waals surface area contributed by atoms with Crippen molar-refractivity contribution in [3.63, 3.8) is 0 Å². The van der Waals surface area contributed by atoms with Crippen molar-refractivity contribution in [1.29, 1.82) is 0 Å². The first-order chi connectivity index (χ1) is 7.56. The van der Waals surface area contributed by atoms with E-state index in [0.29, 0.717) is 24.6 Å². The predicted octanol–water partition coefficient (Wildman–Crippen LogP) is 2.81. The van der Waals surface area contributed by atoms with E-state index in [4.69, 9.17) is 5.11 Å². The maximum atomic E-state index is 9.11. The Bertz CT molecular complexity index is 183. The van der Waals surface area contributed by atoms with Gasteiger partial charge in [0.2, 0.25) is 0 Å². The average Bonchev–Trinajstić information content (AvgIpc) is 2.21. The van der Waals surface area contributed by atoms with E-state index in [1.54, 1.807) is 0 Å². The Balaban J connectivity index is 2.53. The average molecular weight is 227 g/mol. The highest BCUT2D eigenvalue weighted by atomic mass is 16.3. The summed E-state index contributed by atoms with van der Waals surface area (Å²) in [7, 11) is 0. The Morgan fingerprint density at radius 1 is 1.19 bits per heavy atom. The van der Waals surface area contributed by atoms with Gasteiger partial charge in [-0.1, -0.05) is 34.1 Å². The number of hydrogen-bond acceptors (Lipinski definition) is 2. The van der Waals surface area contributed by atoms with Crippen molar-refractivity contribution in [3.8, 4) is 0 Å². The van der Waals surface area contributed by atoms with Gasteiger partial charge >= 0.3 is 0 Å². The molecule has 1 fully saturated rings. The van der Waals surface area contributed by atoms with Gasteiger partial charge in [-0.2, -0.15) is 0 Å². The number of hydrogen-bond donors (Lipinski definition) is 2. The molecule has 3 unspecified atom stereocenters. The monoisotopic (exact) mass is 227 g/mol. The molecule has 0 saturated heterocycles. The van der Waals surface area contributed by atoms with Gasteiger partial charge in [0.25, 0.3) is 0 Å². The van der Waals surface area contributed by atoms with Gasteiger partial charge in [-0.05, 0) is 37.0 Å². The van der Waals surface area contributed by atoms with E-state index < -0.39 is 0 Å². The van der Waals surface area contributed by atoms with Gasteiger partial charge in [0.1, 0.15) is 0 Å². The highest BCUT2D eigenvalue weighted by molar-refractivity contribution is 4.86. The van der Waals surface area contributed by atoms with Crippen LogP contribution in [-0.4, -0.2) is 23.8 Å². The molecule has 0 aliphatic heterocycles. The topological polar surface area (TPSA) is 32.3 Å². The Morgan fingerprint density at radius 3 is 2.19 bits per heavy atom. The fourth-order valence-corrected chi connectivity index (χ4v) is 3.01. The highest BCUT2D eigenvalue weighted by Crippen LogP contribution is 2.29. The minimum Gasteiger partial charge on any atom is -0.396 e. The summed E-state index contributed by atoms with van der Waals surface area (Å²) < 4.78 is 0. The molecule has 3 atom stereocenters. The number of nitrogens with one attached hydrogen (secondary N) is 1. The standard InChI is InChI=1S/C14H29NO/c1-10(2)13(8-9-16)15-14-11(3)6-5-7-12(14)4/h10-16H,5-9H2,1-4H3. The summed E-state index contributed by atoms with van der Waals surface area (Å²) in [5, 5.41) is 12.9. The molecule has 2 heteroatoms. The van der Waals surface area contributed by atoms with E-state index in [1.807, 2.05) is 0 Å². The van der Waals surface area contributed by atoms with Gasteiger partial charge in [0.05, 0.1) is 0 Å². The molecule has 0 heterocycles. The first-order valence-electron chi connectivity index (χ1n) is 6.93. The lowest BCUT2D eigenvalue weighted by molar-refractivity contribution is 0.161. The Kier molecular flexibility index (Phi) is 5.77. The molecule has 1 rings (SSSR count). The van der Waals surface area contributed by atoms with Crippen LogP contribution < -0.4 is 5.32 Å². The molecule has 0 radical (unpaired) electrons. The quantitative estimate of drug-likeness (QED) is 0.757. The fourth-order valence-electron chi connectivity index (χ4n) is 3.01. The van der Waals surface area contributed by atoms with Gasteiger partial charge in [0.15, 0.2) is 0 Å². The molecule has 0 bridgehead atoms. The summed E-state index contributed by atoms with van der Waals surface area (Å²) >= 11 is 0. The first-order valence-corrected chi connectivity index (χ1v) is 6.93. The molecule has 1 aliphatic rings. The van der Waals surface area contributed by atoms with E-state index in [0.717, 1.165) is 18.3 Å². The largest absolute Gasteiger partial charge is 0.396 e. The van der Waals surface area contributed by atoms with Crippen molar-refractivity contribution in [3.05, 3.63) is 0 Å². The van der Waals surface area contributed by atoms with Crippen molar-refractivity contribution in [2.75, 3.05) is 6.61 Å². The lowest BCUT2D eigenvalue weighted by atomic mass is 9.78. The summed E-state index contributed by atoms with van der Waals surface area (Å²) in [6.07, 6.45) is 4.97. The van der Waals surface area contributed by atoms with Crippen LogP contribution in [-0.2, 0) is 0 Å². The van der Waals surface area contributed by atoms with Gasteiger partial charge in [-0.3, -0.25) is 0 Å². The number of aliphatic hydroxyl groups is 1. The second kappa shape index (κ2) is 6.61. The molecule has 2 N–H and O–H groups in total. The normalized spacial score (nSPS) is 33.0. The fraction of sp³-hybridized carbons (Fsp3) is 1.00. The molecule has 0 aromatic heterocycles. The minimum atomic E-state index is 0.297. The van der Waals surface area contributed by atoms with Gasteiger partial charge < -0.3 is 10.4 Å². The summed E-state index contributed by atoms with van der Waals surface area (Å²) in [4.78, 5) is 0. The maximum Gasteiger partial charge on any atom is 0.0445 e. The summed E-state index contributed by atoms with van der Waals surface area (Å²) in [5.74, 6) is 2.17. The van der Waals surface area contributed by atoms with Crippen molar-refractivity contribution < 1.29 is 5.11 Å². The van der Waals surface area contributed by atoms with Crippen LogP contribution in [0.5, 0.6) is 0 Å². The molecule has 0 aromatic carbocycles. The van der Waals surface area contributed by atoms with Gasteiger partial charge in [-0.15, -0.1) is 0 Å². The second-order valence-electron chi connectivity index (χ2n) is 5.94. The Morgan fingerprint density at radius 2 is 1.75 bits per heavy atom. The molecular weight excluding hydrogens is 198 g/mol. The molecule has 0 aromatic rings. The van der Waals surface area contributed by atoms with Crippen molar-refractivity contribution >= 4 is 0 Å². The molecule has 2 nitrogen and oxygen atoms in total. The van der Waals surface area contributed by atoms with Gasteiger partial charge in [0, 0.05) is 18.7 Å². The first kappa shape index (κ1) is 14.0. The third kappa shape index (κ3) is 3.74. The van der Waals surface area contributed by atoms with Gasteiger partial charge in [-0.25, -0.2) is 0 Å². The second-order valence-corrected chi connectivity index (χ2v) is 5.94. The van der Waals surface area contributed by atoms with E-state index in [2.05, 4.69) is 33.0 Å². The third-order valence-corrected chi connectivity index (χ3v) is 4.20. The summed E-state index contributed by atoms with van der Waals surface area (Å²) in [6, 6.07) is 1.12. The molecule has 1 saturated carbocycles. The van der Waals surface area contributed by atoms with Crippen molar-refractivity contribution in [1.82, 2.24) is 5.32 Å². The van der Waals surface area contributed by atoms with E-state index in [-0.39, 0.29) is 0 Å².